The maximum absolute atomic E-state index is 4.48. The third-order valence-corrected chi connectivity index (χ3v) is 3.54. The van der Waals surface area contributed by atoms with Gasteiger partial charge in [0.15, 0.2) is 0 Å². The van der Waals surface area contributed by atoms with Crippen LogP contribution in [0.4, 0.5) is 0 Å². The fourth-order valence-corrected chi connectivity index (χ4v) is 2.39. The van der Waals surface area contributed by atoms with E-state index in [0.29, 0.717) is 0 Å². The zero-order valence-electron chi connectivity index (χ0n) is 12.0. The Labute approximate surface area is 116 Å². The van der Waals surface area contributed by atoms with Crippen LogP contribution in [0.1, 0.15) is 58.3 Å². The van der Waals surface area contributed by atoms with Crippen LogP contribution in [-0.4, -0.2) is 15.0 Å². The largest absolute Gasteiger partial charge is 0.184 e. The molecule has 19 heavy (non-hydrogen) atoms. The van der Waals surface area contributed by atoms with Crippen LogP contribution in [0.25, 0.3) is 11.0 Å². The summed E-state index contributed by atoms with van der Waals surface area (Å²) in [5.41, 5.74) is 2.00. The van der Waals surface area contributed by atoms with Crippen molar-refractivity contribution in [3.63, 3.8) is 0 Å². The quantitative estimate of drug-likeness (QED) is 0.617. The number of hydrogen-bond acceptors (Lipinski definition) is 2. The summed E-state index contributed by atoms with van der Waals surface area (Å²) in [5.74, 6) is 0. The van der Waals surface area contributed by atoms with Crippen molar-refractivity contribution >= 4 is 11.0 Å². The molecule has 104 valence electrons. The second-order valence-electron chi connectivity index (χ2n) is 5.26. The van der Waals surface area contributed by atoms with Gasteiger partial charge >= 0.3 is 0 Å². The number of benzene rings is 1. The first kappa shape index (κ1) is 14.0. The number of unbranched alkanes of at least 4 members (excludes halogenated alkanes) is 7. The highest BCUT2D eigenvalue weighted by molar-refractivity contribution is 5.72. The predicted octanol–water partition coefficient (Wildman–Crippen LogP) is 4.57. The van der Waals surface area contributed by atoms with Gasteiger partial charge in [0.2, 0.25) is 0 Å². The summed E-state index contributed by atoms with van der Waals surface area (Å²) < 4.78 is 0. The molecule has 0 fully saturated rings. The van der Waals surface area contributed by atoms with E-state index in [9.17, 15) is 0 Å². The SMILES string of the molecule is CCCCCCCCCCn1nc2ccccc2n1. The smallest absolute Gasteiger partial charge is 0.113 e. The van der Waals surface area contributed by atoms with Crippen molar-refractivity contribution in [3.8, 4) is 0 Å². The molecule has 0 N–H and O–H groups in total. The molecular formula is C16H25N3. The van der Waals surface area contributed by atoms with Crippen LogP contribution in [0, 0.1) is 0 Å². The van der Waals surface area contributed by atoms with Crippen molar-refractivity contribution in [2.24, 2.45) is 0 Å². The second kappa shape index (κ2) is 7.93. The maximum atomic E-state index is 4.48. The van der Waals surface area contributed by atoms with Crippen molar-refractivity contribution in [1.29, 1.82) is 0 Å². The zero-order chi connectivity index (χ0) is 13.3. The highest BCUT2D eigenvalue weighted by Crippen LogP contribution is 2.10. The summed E-state index contributed by atoms with van der Waals surface area (Å²) in [5, 5.41) is 8.95. The molecule has 0 aliphatic carbocycles. The van der Waals surface area contributed by atoms with E-state index in [1.165, 1.54) is 51.4 Å². The van der Waals surface area contributed by atoms with Crippen molar-refractivity contribution in [3.05, 3.63) is 24.3 Å². The highest BCUT2D eigenvalue weighted by atomic mass is 15.5. The van der Waals surface area contributed by atoms with Gasteiger partial charge < -0.3 is 0 Å². The molecule has 2 aromatic rings. The molecule has 0 aliphatic rings. The Morgan fingerprint density at radius 3 is 1.89 bits per heavy atom. The number of fused-ring (bicyclic) bond motifs is 1. The number of aryl methyl sites for hydroxylation is 1. The average Bonchev–Trinajstić information content (AvgIpc) is 2.84. The summed E-state index contributed by atoms with van der Waals surface area (Å²) in [6.45, 7) is 3.21. The average molecular weight is 259 g/mol. The molecule has 3 heteroatoms. The lowest BCUT2D eigenvalue weighted by Crippen LogP contribution is -2.01. The Bertz CT molecular complexity index is 443. The number of rotatable bonds is 9. The van der Waals surface area contributed by atoms with Crippen molar-refractivity contribution in [2.75, 3.05) is 0 Å². The van der Waals surface area contributed by atoms with Gasteiger partial charge in [0, 0.05) is 0 Å². The van der Waals surface area contributed by atoms with Gasteiger partial charge in [0.1, 0.15) is 11.0 Å². The van der Waals surface area contributed by atoms with E-state index in [1.54, 1.807) is 0 Å². The van der Waals surface area contributed by atoms with Gasteiger partial charge in [-0.3, -0.25) is 0 Å². The second-order valence-corrected chi connectivity index (χ2v) is 5.26. The summed E-state index contributed by atoms with van der Waals surface area (Å²) in [6.07, 6.45) is 10.8. The van der Waals surface area contributed by atoms with E-state index >= 15 is 0 Å². The summed E-state index contributed by atoms with van der Waals surface area (Å²) in [7, 11) is 0. The Kier molecular flexibility index (Phi) is 5.86. The molecule has 0 bridgehead atoms. The molecule has 0 radical (unpaired) electrons. The fourth-order valence-electron chi connectivity index (χ4n) is 2.39. The normalized spacial score (nSPS) is 11.2. The lowest BCUT2D eigenvalue weighted by Gasteiger charge is -2.01. The van der Waals surface area contributed by atoms with Crippen LogP contribution in [0.2, 0.25) is 0 Å². The molecule has 0 aliphatic heterocycles. The van der Waals surface area contributed by atoms with E-state index in [4.69, 9.17) is 0 Å². The first-order chi connectivity index (χ1) is 9.40. The van der Waals surface area contributed by atoms with Crippen LogP contribution in [0.15, 0.2) is 24.3 Å². The molecule has 3 nitrogen and oxygen atoms in total. The summed E-state index contributed by atoms with van der Waals surface area (Å²) in [6, 6.07) is 8.06. The van der Waals surface area contributed by atoms with E-state index in [0.717, 1.165) is 17.6 Å². The molecule has 0 saturated heterocycles. The van der Waals surface area contributed by atoms with Crippen LogP contribution in [0.3, 0.4) is 0 Å². The molecule has 0 spiro atoms. The van der Waals surface area contributed by atoms with Crippen LogP contribution >= 0.6 is 0 Å². The van der Waals surface area contributed by atoms with Gasteiger partial charge in [-0.05, 0) is 18.6 Å². The van der Waals surface area contributed by atoms with Crippen LogP contribution in [-0.2, 0) is 6.54 Å². The summed E-state index contributed by atoms with van der Waals surface area (Å²) in [4.78, 5) is 1.85. The Hall–Kier alpha value is -1.38. The first-order valence-corrected chi connectivity index (χ1v) is 7.70. The minimum absolute atomic E-state index is 0.948. The third kappa shape index (κ3) is 4.66. The molecule has 0 amide bonds. The van der Waals surface area contributed by atoms with Gasteiger partial charge in [-0.15, -0.1) is 0 Å². The van der Waals surface area contributed by atoms with Gasteiger partial charge in [-0.2, -0.15) is 15.0 Å². The van der Waals surface area contributed by atoms with E-state index in [1.807, 2.05) is 29.1 Å². The van der Waals surface area contributed by atoms with E-state index < -0.39 is 0 Å². The first-order valence-electron chi connectivity index (χ1n) is 7.70. The third-order valence-electron chi connectivity index (χ3n) is 3.54. The number of nitrogens with zero attached hydrogens (tertiary/aromatic N) is 3. The van der Waals surface area contributed by atoms with E-state index in [-0.39, 0.29) is 0 Å². The molecule has 1 aromatic heterocycles. The van der Waals surface area contributed by atoms with Crippen molar-refractivity contribution in [2.45, 2.75) is 64.8 Å². The molecule has 1 aromatic carbocycles. The monoisotopic (exact) mass is 259 g/mol. The minimum atomic E-state index is 0.948. The standard InChI is InChI=1S/C16H25N3/c1-2-3-4-5-6-7-8-11-14-19-17-15-12-9-10-13-16(15)18-19/h9-10,12-13H,2-8,11,14H2,1H3. The van der Waals surface area contributed by atoms with Gasteiger partial charge in [0.05, 0.1) is 6.54 Å². The highest BCUT2D eigenvalue weighted by Gasteiger charge is 2.00. The van der Waals surface area contributed by atoms with Crippen LogP contribution < -0.4 is 0 Å². The fraction of sp³-hybridized carbons (Fsp3) is 0.625. The lowest BCUT2D eigenvalue weighted by atomic mass is 10.1. The molecular weight excluding hydrogens is 234 g/mol. The number of aromatic nitrogens is 3. The number of hydrogen-bond donors (Lipinski definition) is 0. The Morgan fingerprint density at radius 2 is 1.32 bits per heavy atom. The Morgan fingerprint density at radius 1 is 0.789 bits per heavy atom. The molecule has 0 atom stereocenters. The van der Waals surface area contributed by atoms with E-state index in [2.05, 4.69) is 17.1 Å². The summed E-state index contributed by atoms with van der Waals surface area (Å²) >= 11 is 0. The van der Waals surface area contributed by atoms with Crippen molar-refractivity contribution in [1.82, 2.24) is 15.0 Å². The van der Waals surface area contributed by atoms with Crippen molar-refractivity contribution < 1.29 is 0 Å². The predicted molar refractivity (Wildman–Crippen MR) is 80.1 cm³/mol. The molecule has 0 unspecified atom stereocenters. The Balaban J connectivity index is 1.60. The molecule has 0 saturated carbocycles. The maximum Gasteiger partial charge on any atom is 0.113 e. The van der Waals surface area contributed by atoms with Gasteiger partial charge in [-0.1, -0.05) is 64.0 Å². The molecule has 2 rings (SSSR count). The van der Waals surface area contributed by atoms with Gasteiger partial charge in [-0.25, -0.2) is 0 Å². The van der Waals surface area contributed by atoms with Gasteiger partial charge in [0.25, 0.3) is 0 Å². The minimum Gasteiger partial charge on any atom is -0.184 e. The molecule has 1 heterocycles. The zero-order valence-corrected chi connectivity index (χ0v) is 12.0. The lowest BCUT2D eigenvalue weighted by molar-refractivity contribution is 0.485. The topological polar surface area (TPSA) is 30.7 Å². The van der Waals surface area contributed by atoms with Crippen LogP contribution in [0.5, 0.6) is 0 Å².